The Balaban J connectivity index is 1.57. The molecule has 186 valence electrons. The smallest absolute Gasteiger partial charge is 0.337 e. The summed E-state index contributed by atoms with van der Waals surface area (Å²) in [6.07, 6.45) is 0.197. The monoisotopic (exact) mass is 493 g/mol. The quantitative estimate of drug-likeness (QED) is 0.391. The number of aromatic nitrogens is 3. The Kier molecular flexibility index (Phi) is 5.96. The van der Waals surface area contributed by atoms with Gasteiger partial charge in [0.25, 0.3) is 0 Å². The van der Waals surface area contributed by atoms with Crippen LogP contribution in [0.5, 0.6) is 5.88 Å². The van der Waals surface area contributed by atoms with Gasteiger partial charge in [0.15, 0.2) is 5.82 Å². The number of methoxy groups -OCH3 is 1. The Hall–Kier alpha value is -3.85. The molecule has 0 bridgehead atoms. The van der Waals surface area contributed by atoms with Crippen molar-refractivity contribution in [2.75, 3.05) is 20.3 Å². The fraction of sp³-hybridized carbons (Fsp3) is 0.296. The molecule has 36 heavy (non-hydrogen) atoms. The number of ether oxygens (including phenoxy) is 2. The van der Waals surface area contributed by atoms with Crippen molar-refractivity contribution < 1.29 is 28.2 Å². The fourth-order valence-corrected chi connectivity index (χ4v) is 4.65. The molecule has 1 fully saturated rings. The average molecular weight is 494 g/mol. The van der Waals surface area contributed by atoms with Crippen molar-refractivity contribution in [1.29, 1.82) is 0 Å². The van der Waals surface area contributed by atoms with Crippen LogP contribution in [0.15, 0.2) is 48.5 Å². The molecule has 1 saturated heterocycles. The number of carbonyl (C=O) groups excluding carboxylic acids is 1. The Bertz CT molecular complexity index is 1480. The summed E-state index contributed by atoms with van der Waals surface area (Å²) in [4.78, 5) is 20.8. The molecule has 1 aliphatic heterocycles. The summed E-state index contributed by atoms with van der Waals surface area (Å²) in [5, 5.41) is 9.57. The molecule has 7 nitrogen and oxygen atoms in total. The lowest BCUT2D eigenvalue weighted by Crippen LogP contribution is -2.27. The molecule has 0 radical (unpaired) electrons. The van der Waals surface area contributed by atoms with Crippen molar-refractivity contribution in [1.82, 2.24) is 14.5 Å². The zero-order chi connectivity index (χ0) is 25.6. The minimum absolute atomic E-state index is 0.0703. The summed E-state index contributed by atoms with van der Waals surface area (Å²) >= 11 is 0. The number of rotatable bonds is 5. The third kappa shape index (κ3) is 4.19. The SMILES string of the molecule is COC(=O)c1ccc2nc(Cc3ccc(-c4ccc(F)c(O)n4)cc3F)n(C3COCC3(C)C)c2c1. The van der Waals surface area contributed by atoms with E-state index < -0.39 is 23.5 Å². The van der Waals surface area contributed by atoms with Crippen LogP contribution in [-0.4, -0.2) is 45.9 Å². The van der Waals surface area contributed by atoms with E-state index in [2.05, 4.69) is 18.8 Å². The van der Waals surface area contributed by atoms with Crippen LogP contribution in [0.25, 0.3) is 22.3 Å². The molecule has 1 unspecified atom stereocenters. The van der Waals surface area contributed by atoms with Crippen molar-refractivity contribution in [3.05, 3.63) is 77.1 Å². The van der Waals surface area contributed by atoms with Crippen LogP contribution in [0.1, 0.15) is 41.6 Å². The lowest BCUT2D eigenvalue weighted by molar-refractivity contribution is 0.0601. The number of nitrogens with zero attached hydrogens (tertiary/aromatic N) is 3. The lowest BCUT2D eigenvalue weighted by Gasteiger charge is -2.28. The van der Waals surface area contributed by atoms with Gasteiger partial charge >= 0.3 is 5.97 Å². The van der Waals surface area contributed by atoms with Crippen molar-refractivity contribution in [2.24, 2.45) is 5.41 Å². The summed E-state index contributed by atoms with van der Waals surface area (Å²) in [6, 6.07) is 12.2. The molecule has 5 rings (SSSR count). The largest absolute Gasteiger partial charge is 0.491 e. The van der Waals surface area contributed by atoms with Crippen LogP contribution in [0.2, 0.25) is 0 Å². The van der Waals surface area contributed by atoms with Gasteiger partial charge in [-0.3, -0.25) is 0 Å². The van der Waals surface area contributed by atoms with E-state index in [1.807, 2.05) is 4.57 Å². The van der Waals surface area contributed by atoms with Crippen molar-refractivity contribution >= 4 is 17.0 Å². The zero-order valence-electron chi connectivity index (χ0n) is 20.1. The maximum absolute atomic E-state index is 15.2. The molecule has 3 heterocycles. The second-order valence-electron chi connectivity index (χ2n) is 9.60. The van der Waals surface area contributed by atoms with E-state index in [-0.39, 0.29) is 23.6 Å². The van der Waals surface area contributed by atoms with E-state index in [0.29, 0.717) is 41.2 Å². The van der Waals surface area contributed by atoms with Gasteiger partial charge < -0.3 is 19.1 Å². The molecule has 0 amide bonds. The molecule has 2 aromatic heterocycles. The standard InChI is InChI=1S/C27H25F2N3O4/c1-27(2)14-36-13-23(27)32-22-11-17(26(34)35-3)6-8-21(22)30-24(32)12-15-4-5-16(10-19(15)29)20-9-7-18(28)25(33)31-20/h4-11,23H,12-14H2,1-3H3,(H,31,33). The highest BCUT2D eigenvalue weighted by Gasteiger charge is 2.39. The number of esters is 1. The van der Waals surface area contributed by atoms with E-state index in [1.54, 1.807) is 30.3 Å². The van der Waals surface area contributed by atoms with Gasteiger partial charge in [-0.2, -0.15) is 0 Å². The molecule has 9 heteroatoms. The van der Waals surface area contributed by atoms with Gasteiger partial charge in [-0.15, -0.1) is 0 Å². The summed E-state index contributed by atoms with van der Waals surface area (Å²) in [7, 11) is 1.33. The Morgan fingerprint density at radius 1 is 1.14 bits per heavy atom. The molecule has 0 saturated carbocycles. The van der Waals surface area contributed by atoms with Gasteiger partial charge in [-0.1, -0.05) is 26.0 Å². The first-order valence-corrected chi connectivity index (χ1v) is 11.5. The summed E-state index contributed by atoms with van der Waals surface area (Å²) in [5.74, 6) is -1.87. The highest BCUT2D eigenvalue weighted by atomic mass is 19.1. The number of benzene rings is 2. The first kappa shape index (κ1) is 23.9. The Morgan fingerprint density at radius 3 is 2.61 bits per heavy atom. The highest BCUT2D eigenvalue weighted by molar-refractivity contribution is 5.93. The van der Waals surface area contributed by atoms with Gasteiger partial charge in [0.2, 0.25) is 5.88 Å². The molecule has 0 spiro atoms. The number of carbonyl (C=O) groups is 1. The van der Waals surface area contributed by atoms with Crippen molar-refractivity contribution in [3.8, 4) is 17.1 Å². The second-order valence-corrected chi connectivity index (χ2v) is 9.60. The minimum atomic E-state index is -0.844. The van der Waals surface area contributed by atoms with Gasteiger partial charge in [-0.05, 0) is 42.0 Å². The van der Waals surface area contributed by atoms with E-state index in [0.717, 1.165) is 11.6 Å². The van der Waals surface area contributed by atoms with E-state index in [9.17, 15) is 14.3 Å². The highest BCUT2D eigenvalue weighted by Crippen LogP contribution is 2.40. The van der Waals surface area contributed by atoms with Crippen LogP contribution < -0.4 is 0 Å². The van der Waals surface area contributed by atoms with Crippen molar-refractivity contribution in [2.45, 2.75) is 26.3 Å². The predicted octanol–water partition coefficient (Wildman–Crippen LogP) is 5.06. The first-order chi connectivity index (χ1) is 17.2. The summed E-state index contributed by atoms with van der Waals surface area (Å²) < 4.78 is 41.3. The van der Waals surface area contributed by atoms with Crippen LogP contribution in [0, 0.1) is 17.0 Å². The molecule has 0 aliphatic carbocycles. The third-order valence-electron chi connectivity index (χ3n) is 6.67. The predicted molar refractivity (Wildman–Crippen MR) is 129 cm³/mol. The van der Waals surface area contributed by atoms with Gasteiger partial charge in [0.1, 0.15) is 11.6 Å². The normalized spacial score (nSPS) is 17.0. The van der Waals surface area contributed by atoms with E-state index in [4.69, 9.17) is 14.5 Å². The van der Waals surface area contributed by atoms with Crippen LogP contribution in [-0.2, 0) is 15.9 Å². The number of aromatic hydroxyl groups is 1. The Labute approximate surface area is 206 Å². The van der Waals surface area contributed by atoms with Crippen LogP contribution in [0.4, 0.5) is 8.78 Å². The first-order valence-electron chi connectivity index (χ1n) is 11.5. The molecule has 4 aromatic rings. The topological polar surface area (TPSA) is 86.5 Å². The van der Waals surface area contributed by atoms with Crippen LogP contribution >= 0.6 is 0 Å². The minimum Gasteiger partial charge on any atom is -0.491 e. The number of fused-ring (bicyclic) bond motifs is 1. The maximum Gasteiger partial charge on any atom is 0.337 e. The molecule has 1 N–H and O–H groups in total. The number of halogens is 2. The van der Waals surface area contributed by atoms with Gasteiger partial charge in [-0.25, -0.2) is 23.5 Å². The number of imidazole rings is 1. The lowest BCUT2D eigenvalue weighted by atomic mass is 9.87. The zero-order valence-corrected chi connectivity index (χ0v) is 20.1. The summed E-state index contributed by atoms with van der Waals surface area (Å²) in [5.41, 5.74) is 2.71. The Morgan fingerprint density at radius 2 is 1.94 bits per heavy atom. The molecule has 1 atom stereocenters. The molecular formula is C27H25F2N3O4. The third-order valence-corrected chi connectivity index (χ3v) is 6.67. The molecular weight excluding hydrogens is 468 g/mol. The fourth-order valence-electron chi connectivity index (χ4n) is 4.65. The van der Waals surface area contributed by atoms with E-state index >= 15 is 4.39 Å². The van der Waals surface area contributed by atoms with Crippen molar-refractivity contribution in [3.63, 3.8) is 0 Å². The second kappa shape index (κ2) is 8.98. The number of pyridine rings is 1. The summed E-state index contributed by atoms with van der Waals surface area (Å²) in [6.45, 7) is 5.24. The number of hydrogen-bond acceptors (Lipinski definition) is 6. The molecule has 2 aromatic carbocycles. The van der Waals surface area contributed by atoms with Gasteiger partial charge in [0.05, 0.1) is 48.7 Å². The molecule has 1 aliphatic rings. The average Bonchev–Trinajstić information content (AvgIpc) is 3.38. The van der Waals surface area contributed by atoms with Crippen LogP contribution in [0.3, 0.4) is 0 Å². The van der Waals surface area contributed by atoms with Gasteiger partial charge in [0, 0.05) is 17.4 Å². The van der Waals surface area contributed by atoms with E-state index in [1.165, 1.54) is 19.2 Å². The maximum atomic E-state index is 15.2. The number of hydrogen-bond donors (Lipinski definition) is 1.